The zero-order valence-corrected chi connectivity index (χ0v) is 19.9. The third-order valence-corrected chi connectivity index (χ3v) is 8.54. The fourth-order valence-corrected chi connectivity index (χ4v) is 6.29. The van der Waals surface area contributed by atoms with Crippen molar-refractivity contribution in [3.63, 3.8) is 0 Å². The van der Waals surface area contributed by atoms with E-state index in [4.69, 9.17) is 20.8 Å². The second kappa shape index (κ2) is 9.45. The number of carbonyl (C=O) groups is 1. The van der Waals surface area contributed by atoms with Gasteiger partial charge in [0.25, 0.3) is 0 Å². The predicted molar refractivity (Wildman–Crippen MR) is 128 cm³/mol. The van der Waals surface area contributed by atoms with Crippen molar-refractivity contribution in [1.82, 2.24) is 5.32 Å². The molecule has 7 heteroatoms. The van der Waals surface area contributed by atoms with Gasteiger partial charge in [0.1, 0.15) is 0 Å². The molecule has 1 saturated heterocycles. The Labute approximate surface area is 193 Å². The maximum Gasteiger partial charge on any atom is 0.463 e. The number of rotatable bonds is 10. The minimum absolute atomic E-state index is 0.0281. The van der Waals surface area contributed by atoms with Crippen LogP contribution in [-0.4, -0.2) is 43.9 Å². The molecular weight excluding hydrogens is 401 g/mol. The van der Waals surface area contributed by atoms with E-state index in [1.165, 1.54) is 12.0 Å². The molecule has 1 aromatic carbocycles. The molecule has 1 aliphatic heterocycles. The van der Waals surface area contributed by atoms with Crippen molar-refractivity contribution < 1.29 is 14.1 Å². The van der Waals surface area contributed by atoms with Crippen LogP contribution in [-0.2, 0) is 20.5 Å². The first-order valence-electron chi connectivity index (χ1n) is 12.4. The Morgan fingerprint density at radius 1 is 1.22 bits per heavy atom. The van der Waals surface area contributed by atoms with Crippen LogP contribution in [0.3, 0.4) is 0 Å². The Balaban J connectivity index is 1.43. The zero-order valence-electron chi connectivity index (χ0n) is 19.9. The van der Waals surface area contributed by atoms with Gasteiger partial charge in [-0.2, -0.15) is 0 Å². The molecule has 0 unspecified atom stereocenters. The van der Waals surface area contributed by atoms with E-state index in [2.05, 4.69) is 38.2 Å². The fraction of sp³-hybridized carbons (Fsp3) is 0.720. The minimum Gasteiger partial charge on any atom is -0.405 e. The first-order chi connectivity index (χ1) is 15.3. The van der Waals surface area contributed by atoms with E-state index >= 15 is 0 Å². The molecule has 5 N–H and O–H groups in total. The van der Waals surface area contributed by atoms with E-state index in [9.17, 15) is 4.79 Å². The zero-order chi connectivity index (χ0) is 22.9. The number of hydrogen-bond acceptors (Lipinski definition) is 5. The van der Waals surface area contributed by atoms with Crippen molar-refractivity contribution >= 4 is 13.0 Å². The highest BCUT2D eigenvalue weighted by Crippen LogP contribution is 2.66. The molecule has 4 fully saturated rings. The van der Waals surface area contributed by atoms with E-state index in [1.807, 2.05) is 18.2 Å². The van der Waals surface area contributed by atoms with Crippen LogP contribution in [0.15, 0.2) is 30.3 Å². The van der Waals surface area contributed by atoms with Gasteiger partial charge in [0, 0.05) is 12.4 Å². The summed E-state index contributed by atoms with van der Waals surface area (Å²) in [6.07, 6.45) is 5.62. The Hall–Kier alpha value is -1.41. The number of nitrogens with one attached hydrogen (secondary N) is 1. The third-order valence-electron chi connectivity index (χ3n) is 8.54. The Bertz CT molecular complexity index is 792. The topological polar surface area (TPSA) is 99.6 Å². The number of hydrogen-bond donors (Lipinski definition) is 3. The first-order valence-corrected chi connectivity index (χ1v) is 12.4. The Kier molecular flexibility index (Phi) is 7.01. The average molecular weight is 441 g/mol. The average Bonchev–Trinajstić information content (AvgIpc) is 3.14. The molecule has 3 aliphatic carbocycles. The van der Waals surface area contributed by atoms with Gasteiger partial charge in [-0.1, -0.05) is 50.6 Å². The Morgan fingerprint density at radius 3 is 2.66 bits per heavy atom. The molecule has 1 amide bonds. The van der Waals surface area contributed by atoms with Crippen LogP contribution in [0.25, 0.3) is 0 Å². The molecule has 176 valence electrons. The van der Waals surface area contributed by atoms with Crippen molar-refractivity contribution in [3.05, 3.63) is 35.9 Å². The molecule has 32 heavy (non-hydrogen) atoms. The van der Waals surface area contributed by atoms with E-state index in [-0.39, 0.29) is 30.5 Å². The Morgan fingerprint density at radius 2 is 1.97 bits per heavy atom. The van der Waals surface area contributed by atoms with Crippen LogP contribution in [0.4, 0.5) is 0 Å². The summed E-state index contributed by atoms with van der Waals surface area (Å²) in [6.45, 7) is 8.10. The van der Waals surface area contributed by atoms with Crippen LogP contribution in [0.2, 0.25) is 5.82 Å². The highest BCUT2D eigenvalue weighted by molar-refractivity contribution is 6.47. The maximum atomic E-state index is 12.6. The van der Waals surface area contributed by atoms with Crippen molar-refractivity contribution in [1.29, 1.82) is 0 Å². The monoisotopic (exact) mass is 441 g/mol. The highest BCUT2D eigenvalue weighted by atomic mass is 16.7. The maximum absolute atomic E-state index is 12.6. The molecule has 0 spiro atoms. The first kappa shape index (κ1) is 23.7. The van der Waals surface area contributed by atoms with E-state index < -0.39 is 6.04 Å². The summed E-state index contributed by atoms with van der Waals surface area (Å²) in [5.41, 5.74) is 12.9. The lowest BCUT2D eigenvalue weighted by atomic mass is 9.43. The second-order valence-electron chi connectivity index (χ2n) is 10.9. The smallest absolute Gasteiger partial charge is 0.405 e. The molecule has 6 nitrogen and oxygen atoms in total. The van der Waals surface area contributed by atoms with Crippen LogP contribution in [0.1, 0.15) is 58.4 Å². The molecule has 1 aromatic rings. The van der Waals surface area contributed by atoms with Gasteiger partial charge in [-0.25, -0.2) is 0 Å². The van der Waals surface area contributed by atoms with Gasteiger partial charge >= 0.3 is 7.12 Å². The van der Waals surface area contributed by atoms with E-state index in [1.54, 1.807) is 0 Å². The largest absolute Gasteiger partial charge is 0.463 e. The summed E-state index contributed by atoms with van der Waals surface area (Å²) >= 11 is 0. The van der Waals surface area contributed by atoms with Crippen LogP contribution in [0, 0.1) is 17.3 Å². The highest BCUT2D eigenvalue weighted by Gasteiger charge is 2.68. The van der Waals surface area contributed by atoms with Crippen LogP contribution >= 0.6 is 0 Å². The van der Waals surface area contributed by atoms with Crippen molar-refractivity contribution in [3.8, 4) is 0 Å². The number of benzene rings is 1. The number of carbonyl (C=O) groups excluding carboxylic acids is 1. The molecule has 5 rings (SSSR count). The third kappa shape index (κ3) is 4.50. The van der Waals surface area contributed by atoms with E-state index in [0.717, 1.165) is 25.7 Å². The van der Waals surface area contributed by atoms with Gasteiger partial charge < -0.3 is 26.1 Å². The lowest BCUT2D eigenvalue weighted by Gasteiger charge is -2.64. The number of amides is 1. The minimum atomic E-state index is -0.502. The molecular formula is C25H40BN3O3. The molecule has 0 aromatic heterocycles. The molecule has 1 heterocycles. The van der Waals surface area contributed by atoms with Crippen LogP contribution in [0.5, 0.6) is 0 Å². The molecule has 0 radical (unpaired) electrons. The standard InChI is InChI=1S/C25H40BN3O3/c1-24(2)18-14-21(24)25(3)22(15-18)31-26(32-25)19(13-17-9-5-4-6-10-17)16-29-23(30)20(28)11-7-8-12-27/h4-6,9-10,18-22H,7-8,11-16,27-28H2,1-3H3,(H,29,30)/t18-,19-,20-,21-,22+,25-/m1/s1. The fourth-order valence-electron chi connectivity index (χ4n) is 6.29. The molecule has 3 saturated carbocycles. The lowest BCUT2D eigenvalue weighted by Crippen LogP contribution is -2.65. The summed E-state index contributed by atoms with van der Waals surface area (Å²) in [5, 5.41) is 3.08. The van der Waals surface area contributed by atoms with Gasteiger partial charge in [-0.3, -0.25) is 4.79 Å². The predicted octanol–water partition coefficient (Wildman–Crippen LogP) is 2.90. The molecule has 2 bridgehead atoms. The quantitative estimate of drug-likeness (QED) is 0.383. The van der Waals surface area contributed by atoms with Crippen molar-refractivity contribution in [2.24, 2.45) is 28.7 Å². The van der Waals surface area contributed by atoms with Crippen LogP contribution < -0.4 is 16.8 Å². The summed E-state index contributed by atoms with van der Waals surface area (Å²) < 4.78 is 13.3. The number of nitrogens with two attached hydrogens (primary N) is 2. The summed E-state index contributed by atoms with van der Waals surface area (Å²) in [7, 11) is -0.325. The normalized spacial score (nSPS) is 32.0. The van der Waals surface area contributed by atoms with Gasteiger partial charge in [0.15, 0.2) is 0 Å². The lowest BCUT2D eigenvalue weighted by molar-refractivity contribution is -0.199. The van der Waals surface area contributed by atoms with Crippen molar-refractivity contribution in [2.45, 2.75) is 82.9 Å². The summed E-state index contributed by atoms with van der Waals surface area (Å²) in [5.74, 6) is 1.16. The SMILES string of the molecule is CC1(C)[C@H]2C[C@@H]3OB([C@@H](CNC(=O)[C@H](N)CCCCN)Cc4ccccc4)O[C@]3(C)[C@@H]1C2. The molecule has 6 atom stereocenters. The van der Waals surface area contributed by atoms with Gasteiger partial charge in [-0.05, 0) is 68.4 Å². The second-order valence-corrected chi connectivity index (χ2v) is 10.9. The van der Waals surface area contributed by atoms with Gasteiger partial charge in [0.05, 0.1) is 17.7 Å². The van der Waals surface area contributed by atoms with Crippen molar-refractivity contribution in [2.75, 3.05) is 13.1 Å². The number of unbranched alkanes of at least 4 members (excludes halogenated alkanes) is 1. The summed E-state index contributed by atoms with van der Waals surface area (Å²) in [6, 6.07) is 9.86. The van der Waals surface area contributed by atoms with Gasteiger partial charge in [0.2, 0.25) is 5.91 Å². The van der Waals surface area contributed by atoms with Gasteiger partial charge in [-0.15, -0.1) is 0 Å². The van der Waals surface area contributed by atoms with E-state index in [0.29, 0.717) is 36.8 Å². The molecule has 4 aliphatic rings. The summed E-state index contributed by atoms with van der Waals surface area (Å²) in [4.78, 5) is 12.6.